The Morgan fingerprint density at radius 2 is 1.91 bits per heavy atom. The minimum absolute atomic E-state index is 0. The molecule has 1 saturated heterocycles. The standard InChI is InChI=1S/C18H29N3O.ClH/c1-15-8-12-21(13-9-15)14-11-20-18(22)17-6-4-3-5-16(17)7-10-19-2;/h3-6,15,19H,7-14H2,1-2H3,(H,20,22);1H. The van der Waals surface area contributed by atoms with Gasteiger partial charge in [0.05, 0.1) is 0 Å². The van der Waals surface area contributed by atoms with E-state index in [-0.39, 0.29) is 18.3 Å². The zero-order valence-corrected chi connectivity index (χ0v) is 15.1. The van der Waals surface area contributed by atoms with Crippen molar-refractivity contribution in [3.8, 4) is 0 Å². The molecular formula is C18H30ClN3O. The molecule has 1 aliphatic rings. The van der Waals surface area contributed by atoms with E-state index < -0.39 is 0 Å². The van der Waals surface area contributed by atoms with Crippen molar-refractivity contribution in [2.75, 3.05) is 39.8 Å². The molecule has 0 aromatic heterocycles. The molecule has 0 radical (unpaired) electrons. The summed E-state index contributed by atoms with van der Waals surface area (Å²) in [6.45, 7) is 7.22. The molecule has 0 saturated carbocycles. The van der Waals surface area contributed by atoms with Gasteiger partial charge in [0, 0.05) is 18.7 Å². The first-order chi connectivity index (χ1) is 10.7. The van der Waals surface area contributed by atoms with E-state index in [4.69, 9.17) is 0 Å². The summed E-state index contributed by atoms with van der Waals surface area (Å²) in [7, 11) is 1.93. The van der Waals surface area contributed by atoms with Crippen molar-refractivity contribution in [3.63, 3.8) is 0 Å². The summed E-state index contributed by atoms with van der Waals surface area (Å²) < 4.78 is 0. The van der Waals surface area contributed by atoms with Crippen LogP contribution in [0.15, 0.2) is 24.3 Å². The van der Waals surface area contributed by atoms with E-state index in [1.807, 2.05) is 31.3 Å². The van der Waals surface area contributed by atoms with E-state index in [2.05, 4.69) is 22.5 Å². The molecule has 0 atom stereocenters. The predicted molar refractivity (Wildman–Crippen MR) is 98.5 cm³/mol. The van der Waals surface area contributed by atoms with Crippen LogP contribution in [0.25, 0.3) is 0 Å². The number of likely N-dealkylation sites (tertiary alicyclic amines) is 1. The van der Waals surface area contributed by atoms with Gasteiger partial charge < -0.3 is 15.5 Å². The number of hydrogen-bond acceptors (Lipinski definition) is 3. The van der Waals surface area contributed by atoms with Gasteiger partial charge in [0.15, 0.2) is 0 Å². The highest BCUT2D eigenvalue weighted by atomic mass is 35.5. The monoisotopic (exact) mass is 339 g/mol. The largest absolute Gasteiger partial charge is 0.351 e. The fourth-order valence-corrected chi connectivity index (χ4v) is 2.93. The van der Waals surface area contributed by atoms with Crippen molar-refractivity contribution in [2.24, 2.45) is 5.92 Å². The van der Waals surface area contributed by atoms with Crippen LogP contribution in [0.4, 0.5) is 0 Å². The minimum atomic E-state index is 0. The first kappa shape index (κ1) is 19.9. The molecule has 1 aromatic rings. The number of hydrogen-bond donors (Lipinski definition) is 2. The number of likely N-dealkylation sites (N-methyl/N-ethyl adjacent to an activating group) is 1. The molecule has 0 spiro atoms. The van der Waals surface area contributed by atoms with Crippen molar-refractivity contribution >= 4 is 18.3 Å². The minimum Gasteiger partial charge on any atom is -0.351 e. The maximum absolute atomic E-state index is 12.4. The highest BCUT2D eigenvalue weighted by Crippen LogP contribution is 2.15. The molecule has 4 nitrogen and oxygen atoms in total. The summed E-state index contributed by atoms with van der Waals surface area (Å²) in [6, 6.07) is 7.89. The average Bonchev–Trinajstić information content (AvgIpc) is 2.55. The van der Waals surface area contributed by atoms with E-state index in [0.717, 1.165) is 56.2 Å². The average molecular weight is 340 g/mol. The maximum atomic E-state index is 12.4. The van der Waals surface area contributed by atoms with Crippen LogP contribution in [-0.2, 0) is 6.42 Å². The lowest BCUT2D eigenvalue weighted by molar-refractivity contribution is 0.0943. The van der Waals surface area contributed by atoms with Crippen LogP contribution in [0.2, 0.25) is 0 Å². The van der Waals surface area contributed by atoms with Crippen LogP contribution in [0, 0.1) is 5.92 Å². The third-order valence-corrected chi connectivity index (χ3v) is 4.50. The third-order valence-electron chi connectivity index (χ3n) is 4.50. The van der Waals surface area contributed by atoms with E-state index in [0.29, 0.717) is 0 Å². The van der Waals surface area contributed by atoms with Gasteiger partial charge in [-0.05, 0) is 63.5 Å². The zero-order valence-electron chi connectivity index (χ0n) is 14.3. The van der Waals surface area contributed by atoms with Crippen molar-refractivity contribution in [3.05, 3.63) is 35.4 Å². The van der Waals surface area contributed by atoms with E-state index in [1.165, 1.54) is 12.8 Å². The molecule has 1 aliphatic heterocycles. The smallest absolute Gasteiger partial charge is 0.251 e. The topological polar surface area (TPSA) is 44.4 Å². The van der Waals surface area contributed by atoms with Gasteiger partial charge in [-0.3, -0.25) is 4.79 Å². The lowest BCUT2D eigenvalue weighted by Gasteiger charge is -2.30. The van der Waals surface area contributed by atoms with Gasteiger partial charge in [-0.2, -0.15) is 0 Å². The quantitative estimate of drug-likeness (QED) is 0.801. The summed E-state index contributed by atoms with van der Waals surface area (Å²) in [6.07, 6.45) is 3.44. The van der Waals surface area contributed by atoms with Crippen molar-refractivity contribution in [1.82, 2.24) is 15.5 Å². The lowest BCUT2D eigenvalue weighted by Crippen LogP contribution is -2.39. The summed E-state index contributed by atoms with van der Waals surface area (Å²) in [5.74, 6) is 0.905. The van der Waals surface area contributed by atoms with Crippen LogP contribution in [0.3, 0.4) is 0 Å². The zero-order chi connectivity index (χ0) is 15.8. The summed E-state index contributed by atoms with van der Waals surface area (Å²) in [5.41, 5.74) is 1.92. The first-order valence-corrected chi connectivity index (χ1v) is 8.43. The van der Waals surface area contributed by atoms with Crippen molar-refractivity contribution < 1.29 is 4.79 Å². The normalized spacial score (nSPS) is 15.9. The number of amides is 1. The second kappa shape index (κ2) is 10.6. The molecule has 1 heterocycles. The Morgan fingerprint density at radius 1 is 1.22 bits per heavy atom. The number of carbonyl (C=O) groups is 1. The van der Waals surface area contributed by atoms with Gasteiger partial charge in [0.25, 0.3) is 5.91 Å². The summed E-state index contributed by atoms with van der Waals surface area (Å²) in [4.78, 5) is 14.8. The second-order valence-corrected chi connectivity index (χ2v) is 6.29. The van der Waals surface area contributed by atoms with Gasteiger partial charge >= 0.3 is 0 Å². The van der Waals surface area contributed by atoms with Gasteiger partial charge in [-0.1, -0.05) is 25.1 Å². The van der Waals surface area contributed by atoms with Crippen molar-refractivity contribution in [2.45, 2.75) is 26.2 Å². The molecule has 0 aliphatic carbocycles. The molecule has 5 heteroatoms. The van der Waals surface area contributed by atoms with Gasteiger partial charge in [-0.15, -0.1) is 12.4 Å². The predicted octanol–water partition coefficient (Wildman–Crippen LogP) is 2.33. The number of halogens is 1. The molecule has 2 N–H and O–H groups in total. The Kier molecular flexibility index (Phi) is 9.22. The fourth-order valence-electron chi connectivity index (χ4n) is 2.93. The first-order valence-electron chi connectivity index (χ1n) is 8.43. The fraction of sp³-hybridized carbons (Fsp3) is 0.611. The second-order valence-electron chi connectivity index (χ2n) is 6.29. The molecule has 1 amide bonds. The number of nitrogens with zero attached hydrogens (tertiary/aromatic N) is 1. The van der Waals surface area contributed by atoms with Gasteiger partial charge in [0.2, 0.25) is 0 Å². The number of carbonyl (C=O) groups excluding carboxylic acids is 1. The molecule has 0 unspecified atom stereocenters. The highest BCUT2D eigenvalue weighted by Gasteiger charge is 2.16. The Hall–Kier alpha value is -1.10. The van der Waals surface area contributed by atoms with Crippen molar-refractivity contribution in [1.29, 1.82) is 0 Å². The molecule has 130 valence electrons. The Bertz CT molecular complexity index is 473. The van der Waals surface area contributed by atoms with Gasteiger partial charge in [0.1, 0.15) is 0 Å². The maximum Gasteiger partial charge on any atom is 0.251 e. The molecule has 1 fully saturated rings. The van der Waals surface area contributed by atoms with E-state index in [9.17, 15) is 4.79 Å². The summed E-state index contributed by atoms with van der Waals surface area (Å²) >= 11 is 0. The van der Waals surface area contributed by atoms with Gasteiger partial charge in [-0.25, -0.2) is 0 Å². The molecule has 23 heavy (non-hydrogen) atoms. The van der Waals surface area contributed by atoms with Crippen LogP contribution < -0.4 is 10.6 Å². The van der Waals surface area contributed by atoms with Crippen LogP contribution in [-0.4, -0.2) is 50.6 Å². The van der Waals surface area contributed by atoms with Crippen LogP contribution in [0.5, 0.6) is 0 Å². The molecule has 2 rings (SSSR count). The van der Waals surface area contributed by atoms with E-state index >= 15 is 0 Å². The number of piperidine rings is 1. The van der Waals surface area contributed by atoms with E-state index in [1.54, 1.807) is 0 Å². The van der Waals surface area contributed by atoms with Crippen LogP contribution >= 0.6 is 12.4 Å². The Morgan fingerprint density at radius 3 is 2.61 bits per heavy atom. The number of benzene rings is 1. The lowest BCUT2D eigenvalue weighted by atomic mass is 9.99. The molecule has 1 aromatic carbocycles. The SMILES string of the molecule is CNCCc1ccccc1C(=O)NCCN1CCC(C)CC1.Cl. The molecular weight excluding hydrogens is 310 g/mol. The number of nitrogens with one attached hydrogen (secondary N) is 2. The van der Waals surface area contributed by atoms with Crippen LogP contribution in [0.1, 0.15) is 35.7 Å². The Labute approximate surface area is 146 Å². The molecule has 0 bridgehead atoms. The number of rotatable bonds is 7. The summed E-state index contributed by atoms with van der Waals surface area (Å²) in [5, 5.41) is 6.21. The Balaban J connectivity index is 0.00000264. The third kappa shape index (κ3) is 6.50. The highest BCUT2D eigenvalue weighted by molar-refractivity contribution is 5.95.